The van der Waals surface area contributed by atoms with Crippen LogP contribution >= 0.6 is 0 Å². The van der Waals surface area contributed by atoms with Crippen molar-refractivity contribution in [3.05, 3.63) is 25.2 Å². The summed E-state index contributed by atoms with van der Waals surface area (Å²) in [6, 6.07) is 0.156. The number of methoxy groups -OCH3 is 1. The van der Waals surface area contributed by atoms with E-state index in [0.29, 0.717) is 11.6 Å². The summed E-state index contributed by atoms with van der Waals surface area (Å²) in [6.07, 6.45) is 4.88. The monoisotopic (exact) mass is 179 g/mol. The maximum absolute atomic E-state index is 5.07. The molecule has 0 amide bonds. The number of nitrogens with zero attached hydrogens (tertiary/aromatic N) is 2. The molecular formula is C9H13N3O. The van der Waals surface area contributed by atoms with Gasteiger partial charge in [-0.05, 0) is 6.92 Å². The van der Waals surface area contributed by atoms with E-state index >= 15 is 0 Å². The van der Waals surface area contributed by atoms with Gasteiger partial charge in [-0.15, -0.1) is 6.58 Å². The van der Waals surface area contributed by atoms with Crippen molar-refractivity contribution in [3.8, 4) is 5.75 Å². The van der Waals surface area contributed by atoms with Crippen LogP contribution in [0.15, 0.2) is 25.2 Å². The highest BCUT2D eigenvalue weighted by molar-refractivity contribution is 5.48. The predicted octanol–water partition coefficient (Wildman–Crippen LogP) is 1.47. The summed E-state index contributed by atoms with van der Waals surface area (Å²) in [5.74, 6) is 1.32. The van der Waals surface area contributed by atoms with Crippen LogP contribution < -0.4 is 10.1 Å². The topological polar surface area (TPSA) is 47.0 Å². The Kier molecular flexibility index (Phi) is 3.25. The lowest BCUT2D eigenvalue weighted by molar-refractivity contribution is 0.412. The molecule has 0 aromatic carbocycles. The highest BCUT2D eigenvalue weighted by atomic mass is 16.5. The van der Waals surface area contributed by atoms with Gasteiger partial charge in [0.2, 0.25) is 0 Å². The minimum Gasteiger partial charge on any atom is -0.491 e. The van der Waals surface area contributed by atoms with Gasteiger partial charge in [0, 0.05) is 6.04 Å². The third kappa shape index (κ3) is 2.43. The van der Waals surface area contributed by atoms with Crippen molar-refractivity contribution < 1.29 is 4.74 Å². The lowest BCUT2D eigenvalue weighted by Gasteiger charge is -2.11. The fourth-order valence-corrected chi connectivity index (χ4v) is 0.849. The number of hydrogen-bond acceptors (Lipinski definition) is 4. The molecule has 1 unspecified atom stereocenters. The van der Waals surface area contributed by atoms with Gasteiger partial charge in [-0.25, -0.2) is 9.97 Å². The molecule has 0 fully saturated rings. The minimum absolute atomic E-state index is 0.156. The molecule has 0 spiro atoms. The molecule has 4 heteroatoms. The summed E-state index contributed by atoms with van der Waals surface area (Å²) in [7, 11) is 1.59. The Morgan fingerprint density at radius 2 is 2.46 bits per heavy atom. The van der Waals surface area contributed by atoms with Crippen LogP contribution in [0.5, 0.6) is 5.75 Å². The van der Waals surface area contributed by atoms with Crippen LogP contribution in [0, 0.1) is 0 Å². The predicted molar refractivity (Wildman–Crippen MR) is 51.9 cm³/mol. The number of aromatic nitrogens is 2. The Hall–Kier alpha value is -1.58. The molecule has 0 aliphatic carbocycles. The van der Waals surface area contributed by atoms with Crippen molar-refractivity contribution in [2.75, 3.05) is 12.4 Å². The van der Waals surface area contributed by atoms with Crippen molar-refractivity contribution in [2.45, 2.75) is 13.0 Å². The van der Waals surface area contributed by atoms with E-state index in [1.165, 1.54) is 6.33 Å². The molecule has 0 saturated carbocycles. The van der Waals surface area contributed by atoms with E-state index < -0.39 is 0 Å². The van der Waals surface area contributed by atoms with Gasteiger partial charge < -0.3 is 10.1 Å². The Morgan fingerprint density at radius 3 is 3.08 bits per heavy atom. The fraction of sp³-hybridized carbons (Fsp3) is 0.333. The third-order valence-corrected chi connectivity index (χ3v) is 1.62. The van der Waals surface area contributed by atoms with E-state index in [2.05, 4.69) is 21.9 Å². The summed E-state index contributed by atoms with van der Waals surface area (Å²) >= 11 is 0. The van der Waals surface area contributed by atoms with E-state index in [1.807, 2.05) is 6.92 Å². The van der Waals surface area contributed by atoms with Crippen LogP contribution in [-0.2, 0) is 0 Å². The zero-order chi connectivity index (χ0) is 9.68. The summed E-state index contributed by atoms with van der Waals surface area (Å²) in [6.45, 7) is 5.65. The van der Waals surface area contributed by atoms with Gasteiger partial charge in [-0.3, -0.25) is 0 Å². The Labute approximate surface area is 77.7 Å². The molecule has 1 N–H and O–H groups in total. The zero-order valence-corrected chi connectivity index (χ0v) is 7.82. The first-order chi connectivity index (χ1) is 6.27. The van der Waals surface area contributed by atoms with Crippen LogP contribution in [0.1, 0.15) is 6.92 Å². The molecule has 0 aliphatic heterocycles. The number of rotatable bonds is 4. The molecular weight excluding hydrogens is 166 g/mol. The molecule has 0 radical (unpaired) electrons. The van der Waals surface area contributed by atoms with Gasteiger partial charge in [0.05, 0.1) is 13.3 Å². The molecule has 70 valence electrons. The summed E-state index contributed by atoms with van der Waals surface area (Å²) in [5.41, 5.74) is 0. The molecule has 1 atom stereocenters. The fourth-order valence-electron chi connectivity index (χ4n) is 0.849. The highest BCUT2D eigenvalue weighted by Gasteiger charge is 2.04. The average Bonchev–Trinajstić information content (AvgIpc) is 2.18. The molecule has 0 bridgehead atoms. The van der Waals surface area contributed by atoms with Gasteiger partial charge in [-0.2, -0.15) is 0 Å². The van der Waals surface area contributed by atoms with Crippen molar-refractivity contribution >= 4 is 5.82 Å². The van der Waals surface area contributed by atoms with Crippen molar-refractivity contribution in [1.29, 1.82) is 0 Å². The first kappa shape index (κ1) is 9.51. The van der Waals surface area contributed by atoms with Crippen molar-refractivity contribution in [2.24, 2.45) is 0 Å². The standard InChI is InChI=1S/C9H13N3O/c1-4-7(2)12-9-8(13-3)5-10-6-11-9/h4-7H,1H2,2-3H3,(H,10,11,12). The minimum atomic E-state index is 0.156. The van der Waals surface area contributed by atoms with Crippen LogP contribution in [0.4, 0.5) is 5.82 Å². The summed E-state index contributed by atoms with van der Waals surface area (Å²) < 4.78 is 5.07. The van der Waals surface area contributed by atoms with E-state index in [-0.39, 0.29) is 6.04 Å². The first-order valence-corrected chi connectivity index (χ1v) is 4.01. The molecule has 13 heavy (non-hydrogen) atoms. The van der Waals surface area contributed by atoms with E-state index in [9.17, 15) is 0 Å². The van der Waals surface area contributed by atoms with Crippen LogP contribution in [-0.4, -0.2) is 23.1 Å². The van der Waals surface area contributed by atoms with Gasteiger partial charge >= 0.3 is 0 Å². The molecule has 1 aromatic rings. The highest BCUT2D eigenvalue weighted by Crippen LogP contribution is 2.19. The molecule has 0 saturated heterocycles. The second-order valence-corrected chi connectivity index (χ2v) is 2.61. The van der Waals surface area contributed by atoms with Crippen molar-refractivity contribution in [1.82, 2.24) is 9.97 Å². The smallest absolute Gasteiger partial charge is 0.179 e. The number of hydrogen-bond donors (Lipinski definition) is 1. The summed E-state index contributed by atoms with van der Waals surface area (Å²) in [5, 5.41) is 3.12. The molecule has 1 heterocycles. The third-order valence-electron chi connectivity index (χ3n) is 1.62. The van der Waals surface area contributed by atoms with Gasteiger partial charge in [0.25, 0.3) is 0 Å². The second-order valence-electron chi connectivity index (χ2n) is 2.61. The van der Waals surface area contributed by atoms with Crippen LogP contribution in [0.3, 0.4) is 0 Å². The normalized spacial score (nSPS) is 11.8. The molecule has 1 aromatic heterocycles. The Balaban J connectivity index is 2.80. The van der Waals surface area contributed by atoms with Gasteiger partial charge in [-0.1, -0.05) is 6.08 Å². The maximum atomic E-state index is 5.07. The second kappa shape index (κ2) is 4.45. The van der Waals surface area contributed by atoms with Crippen LogP contribution in [0.25, 0.3) is 0 Å². The Morgan fingerprint density at radius 1 is 1.69 bits per heavy atom. The first-order valence-electron chi connectivity index (χ1n) is 4.01. The van der Waals surface area contributed by atoms with Gasteiger partial charge in [0.15, 0.2) is 11.6 Å². The quantitative estimate of drug-likeness (QED) is 0.711. The largest absolute Gasteiger partial charge is 0.491 e. The SMILES string of the molecule is C=CC(C)Nc1ncncc1OC. The van der Waals surface area contributed by atoms with Gasteiger partial charge in [0.1, 0.15) is 6.33 Å². The number of anilines is 1. The lowest BCUT2D eigenvalue weighted by atomic mass is 10.3. The van der Waals surface area contributed by atoms with Crippen molar-refractivity contribution in [3.63, 3.8) is 0 Å². The van der Waals surface area contributed by atoms with E-state index in [1.54, 1.807) is 19.4 Å². The summed E-state index contributed by atoms with van der Waals surface area (Å²) in [4.78, 5) is 7.89. The van der Waals surface area contributed by atoms with Crippen LogP contribution in [0.2, 0.25) is 0 Å². The molecule has 4 nitrogen and oxygen atoms in total. The molecule has 1 rings (SSSR count). The molecule has 0 aliphatic rings. The number of ether oxygens (including phenoxy) is 1. The van der Waals surface area contributed by atoms with E-state index in [4.69, 9.17) is 4.74 Å². The maximum Gasteiger partial charge on any atom is 0.179 e. The number of nitrogens with one attached hydrogen (secondary N) is 1. The lowest BCUT2D eigenvalue weighted by Crippen LogP contribution is -2.13. The van der Waals surface area contributed by atoms with E-state index in [0.717, 1.165) is 0 Å². The zero-order valence-electron chi connectivity index (χ0n) is 7.82. The average molecular weight is 179 g/mol. The Bertz CT molecular complexity index is 288.